The van der Waals surface area contributed by atoms with Crippen LogP contribution in [0.2, 0.25) is 0 Å². The predicted octanol–water partition coefficient (Wildman–Crippen LogP) is 4.65. The van der Waals surface area contributed by atoms with Gasteiger partial charge in [-0.1, -0.05) is 24.3 Å². The van der Waals surface area contributed by atoms with Crippen LogP contribution in [0.25, 0.3) is 0 Å². The molecule has 1 aliphatic rings. The minimum Gasteiger partial charge on any atom is -0.310 e. The second-order valence-electron chi connectivity index (χ2n) is 6.02. The minimum absolute atomic E-state index is 0.526. The first-order chi connectivity index (χ1) is 9.70. The molecule has 1 heterocycles. The van der Waals surface area contributed by atoms with E-state index in [1.54, 1.807) is 0 Å². The largest absolute Gasteiger partial charge is 0.310 e. The Bertz CT molecular complexity index is 568. The molecule has 1 unspecified atom stereocenters. The van der Waals surface area contributed by atoms with Crippen molar-refractivity contribution in [3.05, 3.63) is 57.3 Å². The average molecular weight is 285 g/mol. The molecule has 0 saturated heterocycles. The smallest absolute Gasteiger partial charge is 0.0208 e. The molecule has 1 saturated carbocycles. The molecule has 0 spiro atoms. The van der Waals surface area contributed by atoms with Crippen molar-refractivity contribution in [3.63, 3.8) is 0 Å². The van der Waals surface area contributed by atoms with Gasteiger partial charge in [-0.25, -0.2) is 0 Å². The molecule has 0 radical (unpaired) electrons. The molecular formula is C18H23NS. The lowest BCUT2D eigenvalue weighted by molar-refractivity contribution is 0.548. The number of hydrogen-bond donors (Lipinski definition) is 1. The molecule has 1 fully saturated rings. The van der Waals surface area contributed by atoms with Crippen molar-refractivity contribution in [3.8, 4) is 0 Å². The van der Waals surface area contributed by atoms with Crippen LogP contribution in [0.4, 0.5) is 0 Å². The summed E-state index contributed by atoms with van der Waals surface area (Å²) in [7, 11) is 0. The van der Waals surface area contributed by atoms with E-state index < -0.39 is 0 Å². The summed E-state index contributed by atoms with van der Waals surface area (Å²) in [6, 6.07) is 14.1. The van der Waals surface area contributed by atoms with Crippen LogP contribution in [-0.4, -0.2) is 6.04 Å². The van der Waals surface area contributed by atoms with Crippen molar-refractivity contribution >= 4 is 11.3 Å². The second-order valence-corrected chi connectivity index (χ2v) is 7.39. The minimum atomic E-state index is 0.526. The fourth-order valence-electron chi connectivity index (χ4n) is 2.63. The Labute approximate surface area is 126 Å². The molecule has 1 nitrogen and oxygen atoms in total. The maximum atomic E-state index is 3.65. The molecule has 106 valence electrons. The number of thiophene rings is 1. The van der Waals surface area contributed by atoms with E-state index in [9.17, 15) is 0 Å². The zero-order valence-corrected chi connectivity index (χ0v) is 13.2. The lowest BCUT2D eigenvalue weighted by Crippen LogP contribution is -2.27. The van der Waals surface area contributed by atoms with E-state index in [0.717, 1.165) is 18.9 Å². The molecule has 3 rings (SSSR count). The van der Waals surface area contributed by atoms with Crippen LogP contribution in [0.15, 0.2) is 36.4 Å². The highest BCUT2D eigenvalue weighted by atomic mass is 32.1. The van der Waals surface area contributed by atoms with Crippen molar-refractivity contribution in [2.24, 2.45) is 0 Å². The van der Waals surface area contributed by atoms with E-state index in [2.05, 4.69) is 55.6 Å². The summed E-state index contributed by atoms with van der Waals surface area (Å²) in [6.45, 7) is 5.43. The highest BCUT2D eigenvalue weighted by Gasteiger charge is 2.23. The highest BCUT2D eigenvalue weighted by Crippen LogP contribution is 2.40. The van der Waals surface area contributed by atoms with Crippen molar-refractivity contribution < 1.29 is 0 Å². The van der Waals surface area contributed by atoms with Gasteiger partial charge in [-0.2, -0.15) is 0 Å². The first kappa shape index (κ1) is 13.8. The first-order valence-electron chi connectivity index (χ1n) is 7.58. The standard InChI is InChI=1S/C18H23NS/c1-13(10-18-9-6-14(2)20-18)19-12-15-4-3-5-17(11-15)16-7-8-16/h3-6,9,11,13,16,19H,7-8,10,12H2,1-2H3. The molecule has 0 amide bonds. The third kappa shape index (κ3) is 3.71. The maximum Gasteiger partial charge on any atom is 0.0208 e. The Morgan fingerprint density at radius 1 is 1.25 bits per heavy atom. The van der Waals surface area contributed by atoms with E-state index in [1.165, 1.54) is 33.7 Å². The zero-order valence-electron chi connectivity index (χ0n) is 12.4. The van der Waals surface area contributed by atoms with Gasteiger partial charge in [0.25, 0.3) is 0 Å². The number of hydrogen-bond acceptors (Lipinski definition) is 2. The molecular weight excluding hydrogens is 262 g/mol. The van der Waals surface area contributed by atoms with E-state index in [4.69, 9.17) is 0 Å². The summed E-state index contributed by atoms with van der Waals surface area (Å²) >= 11 is 1.91. The molecule has 20 heavy (non-hydrogen) atoms. The van der Waals surface area contributed by atoms with Gasteiger partial charge in [0.05, 0.1) is 0 Å². The molecule has 0 bridgehead atoms. The van der Waals surface area contributed by atoms with Crippen LogP contribution >= 0.6 is 11.3 Å². The Morgan fingerprint density at radius 3 is 2.80 bits per heavy atom. The SMILES string of the molecule is Cc1ccc(CC(C)NCc2cccc(C3CC3)c2)s1. The van der Waals surface area contributed by atoms with Crippen molar-refractivity contribution in [1.82, 2.24) is 5.32 Å². The summed E-state index contributed by atoms with van der Waals surface area (Å²) in [5, 5.41) is 3.65. The highest BCUT2D eigenvalue weighted by molar-refractivity contribution is 7.11. The topological polar surface area (TPSA) is 12.0 Å². The lowest BCUT2D eigenvalue weighted by atomic mass is 10.1. The number of rotatable bonds is 6. The fourth-order valence-corrected chi connectivity index (χ4v) is 3.65. The van der Waals surface area contributed by atoms with Crippen LogP contribution in [0.3, 0.4) is 0 Å². The van der Waals surface area contributed by atoms with Crippen molar-refractivity contribution in [2.45, 2.75) is 51.6 Å². The van der Waals surface area contributed by atoms with Crippen LogP contribution in [0.1, 0.15) is 46.6 Å². The molecule has 0 aliphatic heterocycles. The number of aryl methyl sites for hydroxylation is 1. The van der Waals surface area contributed by atoms with Gasteiger partial charge in [0.15, 0.2) is 0 Å². The van der Waals surface area contributed by atoms with Gasteiger partial charge in [-0.05, 0) is 62.3 Å². The summed E-state index contributed by atoms with van der Waals surface area (Å²) in [6.07, 6.45) is 3.89. The molecule has 1 aromatic carbocycles. The van der Waals surface area contributed by atoms with Gasteiger partial charge >= 0.3 is 0 Å². The van der Waals surface area contributed by atoms with E-state index in [1.807, 2.05) is 11.3 Å². The van der Waals surface area contributed by atoms with Crippen molar-refractivity contribution in [1.29, 1.82) is 0 Å². The van der Waals surface area contributed by atoms with E-state index in [0.29, 0.717) is 6.04 Å². The quantitative estimate of drug-likeness (QED) is 0.814. The van der Waals surface area contributed by atoms with Gasteiger partial charge in [0, 0.05) is 22.3 Å². The van der Waals surface area contributed by atoms with Gasteiger partial charge in [-0.3, -0.25) is 0 Å². The summed E-state index contributed by atoms with van der Waals surface area (Å²) in [4.78, 5) is 2.89. The molecule has 1 aromatic heterocycles. The summed E-state index contributed by atoms with van der Waals surface area (Å²) < 4.78 is 0. The third-order valence-electron chi connectivity index (χ3n) is 3.96. The van der Waals surface area contributed by atoms with Crippen LogP contribution in [0.5, 0.6) is 0 Å². The van der Waals surface area contributed by atoms with Crippen molar-refractivity contribution in [2.75, 3.05) is 0 Å². The van der Waals surface area contributed by atoms with Gasteiger partial charge < -0.3 is 5.32 Å². The lowest BCUT2D eigenvalue weighted by Gasteiger charge is -2.13. The van der Waals surface area contributed by atoms with Gasteiger partial charge in [-0.15, -0.1) is 11.3 Å². The average Bonchev–Trinajstić information content (AvgIpc) is 3.21. The van der Waals surface area contributed by atoms with Gasteiger partial charge in [0.1, 0.15) is 0 Å². The third-order valence-corrected chi connectivity index (χ3v) is 4.98. The Kier molecular flexibility index (Phi) is 4.23. The number of benzene rings is 1. The molecule has 1 aliphatic carbocycles. The predicted molar refractivity (Wildman–Crippen MR) is 87.5 cm³/mol. The Balaban J connectivity index is 1.52. The first-order valence-corrected chi connectivity index (χ1v) is 8.40. The van der Waals surface area contributed by atoms with Crippen LogP contribution < -0.4 is 5.32 Å². The van der Waals surface area contributed by atoms with E-state index >= 15 is 0 Å². The molecule has 1 N–H and O–H groups in total. The maximum absolute atomic E-state index is 3.65. The summed E-state index contributed by atoms with van der Waals surface area (Å²) in [5.74, 6) is 0.849. The normalized spacial score (nSPS) is 16.3. The molecule has 1 atom stereocenters. The number of nitrogens with one attached hydrogen (secondary N) is 1. The monoisotopic (exact) mass is 285 g/mol. The zero-order chi connectivity index (χ0) is 13.9. The second kappa shape index (κ2) is 6.11. The van der Waals surface area contributed by atoms with Gasteiger partial charge in [0.2, 0.25) is 0 Å². The molecule has 2 heteroatoms. The Hall–Kier alpha value is -1.12. The Morgan fingerprint density at radius 2 is 2.10 bits per heavy atom. The van der Waals surface area contributed by atoms with E-state index in [-0.39, 0.29) is 0 Å². The summed E-state index contributed by atoms with van der Waals surface area (Å²) in [5.41, 5.74) is 2.95. The van der Waals surface area contributed by atoms with Crippen LogP contribution in [-0.2, 0) is 13.0 Å². The fraction of sp³-hybridized carbons (Fsp3) is 0.444. The van der Waals surface area contributed by atoms with Crippen LogP contribution in [0, 0.1) is 6.92 Å². The molecule has 2 aromatic rings.